The molecule has 2 saturated heterocycles. The lowest BCUT2D eigenvalue weighted by molar-refractivity contribution is 0.207. The largest absolute Gasteiger partial charge is 0.507 e. The Morgan fingerprint density at radius 2 is 1.68 bits per heavy atom. The molecule has 0 aliphatic carbocycles. The number of ether oxygens (including phenoxy) is 1. The third-order valence-electron chi connectivity index (χ3n) is 7.52. The highest BCUT2D eigenvalue weighted by Crippen LogP contribution is 2.44. The van der Waals surface area contributed by atoms with E-state index in [1.807, 2.05) is 18.2 Å². The second-order valence-electron chi connectivity index (χ2n) is 10.3. The second-order valence-corrected chi connectivity index (χ2v) is 10.3. The second kappa shape index (κ2) is 8.24. The topological polar surface area (TPSA) is 70.5 Å². The van der Waals surface area contributed by atoms with E-state index < -0.39 is 5.82 Å². The van der Waals surface area contributed by atoms with Crippen LogP contribution in [0.25, 0.3) is 22.4 Å². The molecule has 2 aromatic carbocycles. The molecule has 6 nitrogen and oxygen atoms in total. The van der Waals surface area contributed by atoms with Crippen molar-refractivity contribution in [3.63, 3.8) is 0 Å². The zero-order chi connectivity index (χ0) is 24.1. The molecule has 3 aromatic rings. The van der Waals surface area contributed by atoms with Crippen LogP contribution in [0.1, 0.15) is 39.5 Å². The number of methoxy groups -OCH3 is 1. The van der Waals surface area contributed by atoms with Crippen LogP contribution in [0.3, 0.4) is 0 Å². The summed E-state index contributed by atoms with van der Waals surface area (Å²) in [6.45, 7) is 4.64. The molecule has 5 rings (SSSR count). The summed E-state index contributed by atoms with van der Waals surface area (Å²) in [5.41, 5.74) is 3.07. The monoisotopic (exact) mass is 462 g/mol. The highest BCUT2D eigenvalue weighted by atomic mass is 19.1. The van der Waals surface area contributed by atoms with Crippen LogP contribution in [-0.4, -0.2) is 46.6 Å². The van der Waals surface area contributed by atoms with E-state index in [0.29, 0.717) is 17.3 Å². The molecule has 3 heterocycles. The Morgan fingerprint density at radius 1 is 1.00 bits per heavy atom. The molecule has 0 saturated carbocycles. The Labute approximate surface area is 199 Å². The summed E-state index contributed by atoms with van der Waals surface area (Å²) in [5.74, 6) is 0.660. The van der Waals surface area contributed by atoms with Crippen LogP contribution >= 0.6 is 0 Å². The average Bonchev–Trinajstić information content (AvgIpc) is 3.05. The fraction of sp³-hybridized carbons (Fsp3) is 0.407. The van der Waals surface area contributed by atoms with Crippen molar-refractivity contribution in [2.24, 2.45) is 0 Å². The van der Waals surface area contributed by atoms with Crippen molar-refractivity contribution in [2.45, 2.75) is 56.7 Å². The van der Waals surface area contributed by atoms with Gasteiger partial charge in [0.1, 0.15) is 5.75 Å². The Kier molecular flexibility index (Phi) is 5.47. The van der Waals surface area contributed by atoms with E-state index in [9.17, 15) is 9.50 Å². The normalized spacial score (nSPS) is 25.9. The molecule has 0 spiro atoms. The first-order valence-electron chi connectivity index (χ1n) is 11.7. The van der Waals surface area contributed by atoms with Crippen LogP contribution in [0.5, 0.6) is 11.5 Å². The molecular weight excluding hydrogens is 431 g/mol. The number of nitrogens with zero attached hydrogens (tertiary/aromatic N) is 3. The van der Waals surface area contributed by atoms with Crippen molar-refractivity contribution in [3.8, 4) is 33.9 Å². The Bertz CT molecular complexity index is 1200. The number of phenols is 1. The van der Waals surface area contributed by atoms with Crippen molar-refractivity contribution in [1.82, 2.24) is 15.5 Å². The van der Waals surface area contributed by atoms with Gasteiger partial charge in [-0.3, -0.25) is 0 Å². The van der Waals surface area contributed by atoms with Crippen LogP contribution in [-0.2, 0) is 0 Å². The van der Waals surface area contributed by atoms with E-state index in [0.717, 1.165) is 29.8 Å². The number of benzene rings is 2. The third kappa shape index (κ3) is 4.09. The van der Waals surface area contributed by atoms with Gasteiger partial charge in [0, 0.05) is 29.7 Å². The minimum Gasteiger partial charge on any atom is -0.507 e. The molecule has 2 N–H and O–H groups in total. The molecule has 2 bridgehead atoms. The number of piperidine rings is 1. The maximum Gasteiger partial charge on any atom is 0.165 e. The molecule has 2 aliphatic heterocycles. The molecule has 34 heavy (non-hydrogen) atoms. The number of phenolic OH excluding ortho intramolecular Hbond substituents is 1. The van der Waals surface area contributed by atoms with Gasteiger partial charge in [-0.05, 0) is 87.1 Å². The van der Waals surface area contributed by atoms with Gasteiger partial charge in [0.25, 0.3) is 0 Å². The Balaban J connectivity index is 1.35. The minimum absolute atomic E-state index is 0.0898. The van der Waals surface area contributed by atoms with Crippen molar-refractivity contribution < 1.29 is 14.2 Å². The van der Waals surface area contributed by atoms with Gasteiger partial charge in [-0.25, -0.2) is 4.39 Å². The highest BCUT2D eigenvalue weighted by Gasteiger charge is 2.49. The number of halogens is 1. The molecule has 1 aromatic heterocycles. The molecule has 0 amide bonds. The van der Waals surface area contributed by atoms with Gasteiger partial charge in [0.15, 0.2) is 17.4 Å². The summed E-state index contributed by atoms with van der Waals surface area (Å²) < 4.78 is 18.8. The molecular formula is C27H31FN4O2. The smallest absolute Gasteiger partial charge is 0.165 e. The predicted octanol–water partition coefficient (Wildman–Crippen LogP) is 5.16. The van der Waals surface area contributed by atoms with Gasteiger partial charge in [0.2, 0.25) is 0 Å². The first kappa shape index (κ1) is 22.6. The SMILES string of the molecule is COc1cc(-c2ccc(-c3ccc(N(C)[C@H]4C[C@]5(C)CC[C@](C)(C4)N5)nn3)c(O)c2)ccc1F. The summed E-state index contributed by atoms with van der Waals surface area (Å²) in [6, 6.07) is 14.2. The zero-order valence-corrected chi connectivity index (χ0v) is 20.1. The number of anilines is 1. The Morgan fingerprint density at radius 3 is 2.29 bits per heavy atom. The standard InChI is InChI=1S/C27H31FN4O2/c1-26-11-12-27(2,31-26)16-19(15-26)32(3)25-10-9-22(29-30-25)20-7-5-17(13-23(20)33)18-6-8-21(28)24(14-18)34-4/h5-10,13-14,19,31,33H,11-12,15-16H2,1-4H3/t19-,26-,27+. The molecule has 0 unspecified atom stereocenters. The predicted molar refractivity (Wildman–Crippen MR) is 132 cm³/mol. The quantitative estimate of drug-likeness (QED) is 0.546. The first-order valence-corrected chi connectivity index (χ1v) is 11.7. The lowest BCUT2D eigenvalue weighted by Crippen LogP contribution is -2.58. The maximum atomic E-state index is 13.7. The minimum atomic E-state index is -0.423. The van der Waals surface area contributed by atoms with Crippen molar-refractivity contribution >= 4 is 5.82 Å². The summed E-state index contributed by atoms with van der Waals surface area (Å²) in [4.78, 5) is 2.24. The van der Waals surface area contributed by atoms with Crippen molar-refractivity contribution in [2.75, 3.05) is 19.1 Å². The van der Waals surface area contributed by atoms with Gasteiger partial charge < -0.3 is 20.1 Å². The number of nitrogens with one attached hydrogen (secondary N) is 1. The van der Waals surface area contributed by atoms with Gasteiger partial charge in [-0.15, -0.1) is 10.2 Å². The Hall–Kier alpha value is -3.19. The maximum absolute atomic E-state index is 13.7. The lowest BCUT2D eigenvalue weighted by Gasteiger charge is -2.45. The van der Waals surface area contributed by atoms with Gasteiger partial charge in [-0.2, -0.15) is 0 Å². The number of aromatic hydroxyl groups is 1. The highest BCUT2D eigenvalue weighted by molar-refractivity contribution is 5.75. The average molecular weight is 463 g/mol. The first-order chi connectivity index (χ1) is 16.2. The van der Waals surface area contributed by atoms with Crippen LogP contribution in [0, 0.1) is 5.82 Å². The lowest BCUT2D eigenvalue weighted by atomic mass is 9.84. The van der Waals surface area contributed by atoms with Crippen molar-refractivity contribution in [1.29, 1.82) is 0 Å². The van der Waals surface area contributed by atoms with Crippen LogP contribution < -0.4 is 15.0 Å². The fourth-order valence-corrected chi connectivity index (χ4v) is 5.71. The molecule has 178 valence electrons. The summed E-state index contributed by atoms with van der Waals surface area (Å²) in [5, 5.41) is 23.4. The zero-order valence-electron chi connectivity index (χ0n) is 20.1. The molecule has 7 heteroatoms. The number of fused-ring (bicyclic) bond motifs is 2. The van der Waals surface area contributed by atoms with Crippen LogP contribution in [0.2, 0.25) is 0 Å². The van der Waals surface area contributed by atoms with Gasteiger partial charge >= 0.3 is 0 Å². The molecule has 2 fully saturated rings. The molecule has 0 radical (unpaired) electrons. The van der Waals surface area contributed by atoms with Gasteiger partial charge in [0.05, 0.1) is 12.8 Å². The van der Waals surface area contributed by atoms with Crippen LogP contribution in [0.4, 0.5) is 10.2 Å². The fourth-order valence-electron chi connectivity index (χ4n) is 5.71. The van der Waals surface area contributed by atoms with Crippen molar-refractivity contribution in [3.05, 3.63) is 54.3 Å². The third-order valence-corrected chi connectivity index (χ3v) is 7.52. The number of rotatable bonds is 5. The van der Waals surface area contributed by atoms with E-state index in [1.54, 1.807) is 24.3 Å². The molecule has 3 atom stereocenters. The van der Waals surface area contributed by atoms with E-state index in [1.165, 1.54) is 26.0 Å². The number of hydrogen-bond donors (Lipinski definition) is 2. The van der Waals surface area contributed by atoms with Gasteiger partial charge in [-0.1, -0.05) is 12.1 Å². The number of hydrogen-bond acceptors (Lipinski definition) is 6. The van der Waals surface area contributed by atoms with E-state index in [-0.39, 0.29) is 22.6 Å². The van der Waals surface area contributed by atoms with E-state index in [4.69, 9.17) is 4.74 Å². The van der Waals surface area contributed by atoms with Crippen LogP contribution in [0.15, 0.2) is 48.5 Å². The summed E-state index contributed by atoms with van der Waals surface area (Å²) in [7, 11) is 3.52. The summed E-state index contributed by atoms with van der Waals surface area (Å²) in [6.07, 6.45) is 4.58. The number of aromatic nitrogens is 2. The summed E-state index contributed by atoms with van der Waals surface area (Å²) >= 11 is 0. The van der Waals surface area contributed by atoms with E-state index >= 15 is 0 Å². The molecule has 2 aliphatic rings. The van der Waals surface area contributed by atoms with E-state index in [2.05, 4.69) is 41.3 Å².